The van der Waals surface area contributed by atoms with Crippen LogP contribution in [-0.4, -0.2) is 32.5 Å². The van der Waals surface area contributed by atoms with Crippen molar-refractivity contribution in [2.24, 2.45) is 7.05 Å². The van der Waals surface area contributed by atoms with Crippen LogP contribution < -0.4 is 17.7 Å². The van der Waals surface area contributed by atoms with E-state index in [1.165, 1.54) is 0 Å². The molecular weight excluding hydrogens is 353 g/mol. The van der Waals surface area contributed by atoms with Gasteiger partial charge in [-0.15, -0.1) is 5.10 Å². The van der Waals surface area contributed by atoms with Gasteiger partial charge >= 0.3 is 0 Å². The van der Waals surface area contributed by atoms with E-state index in [1.807, 2.05) is 19.2 Å². The number of nitrogens with one attached hydrogen (secondary N) is 1. The second-order valence-corrected chi connectivity index (χ2v) is 6.11. The predicted molar refractivity (Wildman–Crippen MR) is 82.3 cm³/mol. The number of nitrogens with zero attached hydrogens (tertiary/aromatic N) is 4. The lowest BCUT2D eigenvalue weighted by Crippen LogP contribution is -3.00. The molecule has 1 aromatic carbocycles. The van der Waals surface area contributed by atoms with Crippen molar-refractivity contribution in [3.63, 3.8) is 0 Å². The lowest BCUT2D eigenvalue weighted by atomic mass is 10.2. The van der Waals surface area contributed by atoms with Crippen LogP contribution in [-0.2, 0) is 13.6 Å². The van der Waals surface area contributed by atoms with Crippen molar-refractivity contribution in [1.82, 2.24) is 25.5 Å². The molecule has 0 spiro atoms. The third kappa shape index (κ3) is 6.00. The van der Waals surface area contributed by atoms with Gasteiger partial charge in [-0.05, 0) is 41.1 Å². The van der Waals surface area contributed by atoms with Gasteiger partial charge in [0.2, 0.25) is 5.16 Å². The molecule has 5 nitrogen and oxygen atoms in total. The summed E-state index contributed by atoms with van der Waals surface area (Å²) in [6, 6.07) is 5.55. The molecule has 0 atom stereocenters. The maximum absolute atomic E-state index is 6.10. The van der Waals surface area contributed by atoms with Crippen LogP contribution in [0.2, 0.25) is 10.0 Å². The summed E-state index contributed by atoms with van der Waals surface area (Å²) in [4.78, 5) is 0. The van der Waals surface area contributed by atoms with Crippen molar-refractivity contribution in [2.45, 2.75) is 18.1 Å². The summed E-state index contributed by atoms with van der Waals surface area (Å²) in [5.41, 5.74) is 1.06. The van der Waals surface area contributed by atoms with E-state index in [9.17, 15) is 0 Å². The van der Waals surface area contributed by atoms with Crippen molar-refractivity contribution in [3.8, 4) is 0 Å². The molecule has 0 amide bonds. The Bertz CT molecular complexity index is 564. The molecule has 2 rings (SSSR count). The molecule has 116 valence electrons. The number of thioether (sulfide) groups is 1. The second-order valence-electron chi connectivity index (χ2n) is 4.20. The molecule has 0 bridgehead atoms. The standard InChI is InChI=1S/C12H15Cl2N5S.ClH/c1-19-12(16-17-18-19)20-6-2-5-15-8-9-3-4-10(13)7-11(9)14;/h3-4,7,15H,2,5-6,8H2,1H3;1H/p-1. The van der Waals surface area contributed by atoms with E-state index in [4.69, 9.17) is 23.2 Å². The molecule has 0 aliphatic carbocycles. The van der Waals surface area contributed by atoms with Gasteiger partial charge in [-0.2, -0.15) is 0 Å². The second kappa shape index (κ2) is 9.48. The lowest BCUT2D eigenvalue weighted by Gasteiger charge is -2.06. The molecule has 2 aromatic rings. The van der Waals surface area contributed by atoms with Gasteiger partial charge in [0.25, 0.3) is 0 Å². The first-order valence-electron chi connectivity index (χ1n) is 6.16. The highest BCUT2D eigenvalue weighted by atomic mass is 35.5. The van der Waals surface area contributed by atoms with E-state index in [1.54, 1.807) is 22.5 Å². The highest BCUT2D eigenvalue weighted by molar-refractivity contribution is 7.99. The zero-order valence-corrected chi connectivity index (χ0v) is 14.5. The maximum Gasteiger partial charge on any atom is 0.209 e. The van der Waals surface area contributed by atoms with Gasteiger partial charge in [0, 0.05) is 29.4 Å². The Hall–Kier alpha value is -0.530. The van der Waals surface area contributed by atoms with Crippen LogP contribution in [0.1, 0.15) is 12.0 Å². The van der Waals surface area contributed by atoms with Crippen LogP contribution in [0.4, 0.5) is 0 Å². The zero-order valence-electron chi connectivity index (χ0n) is 11.4. The van der Waals surface area contributed by atoms with Crippen LogP contribution in [0.3, 0.4) is 0 Å². The summed E-state index contributed by atoms with van der Waals surface area (Å²) in [5, 5.41) is 16.8. The third-order valence-corrected chi connectivity index (χ3v) is 4.32. The Kier molecular flexibility index (Phi) is 8.36. The Morgan fingerprint density at radius 1 is 1.33 bits per heavy atom. The average molecular weight is 368 g/mol. The number of tetrazole rings is 1. The smallest absolute Gasteiger partial charge is 0.209 e. The molecule has 1 N–H and O–H groups in total. The molecule has 0 fully saturated rings. The molecule has 0 saturated heterocycles. The molecule has 0 unspecified atom stereocenters. The van der Waals surface area contributed by atoms with Crippen LogP contribution in [0.5, 0.6) is 0 Å². The number of hydrogen-bond donors (Lipinski definition) is 1. The van der Waals surface area contributed by atoms with Gasteiger partial charge in [0.15, 0.2) is 0 Å². The van der Waals surface area contributed by atoms with Crippen LogP contribution in [0, 0.1) is 0 Å². The minimum Gasteiger partial charge on any atom is -1.00 e. The van der Waals surface area contributed by atoms with Gasteiger partial charge in [-0.1, -0.05) is 41.0 Å². The summed E-state index contributed by atoms with van der Waals surface area (Å²) >= 11 is 13.6. The molecular formula is C12H15Cl3N5S-. The van der Waals surface area contributed by atoms with Gasteiger partial charge in [0.05, 0.1) is 0 Å². The topological polar surface area (TPSA) is 55.6 Å². The minimum absolute atomic E-state index is 0. The molecule has 1 aromatic heterocycles. The van der Waals surface area contributed by atoms with E-state index in [0.717, 1.165) is 36.0 Å². The Morgan fingerprint density at radius 3 is 2.81 bits per heavy atom. The van der Waals surface area contributed by atoms with Gasteiger partial charge in [-0.3, -0.25) is 0 Å². The fourth-order valence-electron chi connectivity index (χ4n) is 1.59. The molecule has 0 aliphatic heterocycles. The third-order valence-electron chi connectivity index (χ3n) is 2.64. The van der Waals surface area contributed by atoms with E-state index < -0.39 is 0 Å². The van der Waals surface area contributed by atoms with Crippen molar-refractivity contribution >= 4 is 35.0 Å². The monoisotopic (exact) mass is 366 g/mol. The first kappa shape index (κ1) is 18.5. The molecule has 0 radical (unpaired) electrons. The quantitative estimate of drug-likeness (QED) is 0.542. The van der Waals surface area contributed by atoms with E-state index >= 15 is 0 Å². The van der Waals surface area contributed by atoms with Gasteiger partial charge < -0.3 is 17.7 Å². The highest BCUT2D eigenvalue weighted by Gasteiger charge is 2.03. The number of rotatable bonds is 7. The van der Waals surface area contributed by atoms with Crippen molar-refractivity contribution in [1.29, 1.82) is 0 Å². The van der Waals surface area contributed by atoms with E-state index in [0.29, 0.717) is 10.0 Å². The predicted octanol–water partition coefficient (Wildman–Crippen LogP) is -0.207. The summed E-state index contributed by atoms with van der Waals surface area (Å²) in [6.45, 7) is 1.66. The Morgan fingerprint density at radius 2 is 2.14 bits per heavy atom. The SMILES string of the molecule is Cn1nnnc1SCCCNCc1ccc(Cl)cc1Cl.[Cl-]. The first-order chi connectivity index (χ1) is 9.66. The summed E-state index contributed by atoms with van der Waals surface area (Å²) < 4.78 is 1.67. The lowest BCUT2D eigenvalue weighted by molar-refractivity contribution is -0.00000414. The fraction of sp³-hybridized carbons (Fsp3) is 0.417. The number of aryl methyl sites for hydroxylation is 1. The van der Waals surface area contributed by atoms with Crippen LogP contribution in [0.25, 0.3) is 0 Å². The van der Waals surface area contributed by atoms with Gasteiger partial charge in [-0.25, -0.2) is 4.68 Å². The molecule has 0 saturated carbocycles. The van der Waals surface area contributed by atoms with Crippen molar-refractivity contribution in [3.05, 3.63) is 33.8 Å². The number of benzene rings is 1. The number of halogens is 3. The number of aromatic nitrogens is 4. The first-order valence-corrected chi connectivity index (χ1v) is 7.91. The largest absolute Gasteiger partial charge is 1.00 e. The summed E-state index contributed by atoms with van der Waals surface area (Å²) in [5.74, 6) is 0.968. The summed E-state index contributed by atoms with van der Waals surface area (Å²) in [6.07, 6.45) is 1.03. The molecule has 0 aliphatic rings. The van der Waals surface area contributed by atoms with E-state index in [-0.39, 0.29) is 12.4 Å². The maximum atomic E-state index is 6.10. The Labute approximate surface area is 144 Å². The zero-order chi connectivity index (χ0) is 14.4. The van der Waals surface area contributed by atoms with Crippen molar-refractivity contribution < 1.29 is 12.4 Å². The highest BCUT2D eigenvalue weighted by Crippen LogP contribution is 2.20. The fourth-order valence-corrected chi connectivity index (χ4v) is 2.86. The van der Waals surface area contributed by atoms with Crippen LogP contribution in [0.15, 0.2) is 23.4 Å². The number of hydrogen-bond acceptors (Lipinski definition) is 5. The van der Waals surface area contributed by atoms with Gasteiger partial charge in [0.1, 0.15) is 0 Å². The summed E-state index contributed by atoms with van der Waals surface area (Å²) in [7, 11) is 1.84. The Balaban J connectivity index is 0.00000220. The normalized spacial score (nSPS) is 10.4. The van der Waals surface area contributed by atoms with Crippen LogP contribution >= 0.6 is 35.0 Å². The van der Waals surface area contributed by atoms with E-state index in [2.05, 4.69) is 20.8 Å². The molecule has 9 heteroatoms. The molecule has 1 heterocycles. The minimum atomic E-state index is 0. The van der Waals surface area contributed by atoms with Crippen molar-refractivity contribution in [2.75, 3.05) is 12.3 Å². The average Bonchev–Trinajstić information content (AvgIpc) is 2.81. The molecule has 21 heavy (non-hydrogen) atoms.